The zero-order valence-electron chi connectivity index (χ0n) is 15.8. The predicted octanol–water partition coefficient (Wildman–Crippen LogP) is 3.06. The SMILES string of the molecule is [3H]c1cc(C[C@@H](C)NC[C@H](O)c2cccc(Cl)c2)cc([3H])c1OCC(=O)O. The molecule has 2 atom stereocenters. The highest BCUT2D eigenvalue weighted by atomic mass is 35.5. The number of carbonyl (C=O) groups is 1. The molecule has 6 heteroatoms. The number of aliphatic hydroxyl groups excluding tert-OH is 1. The molecule has 2 aromatic carbocycles. The standard InChI is InChI=1S/C19H22ClNO4/c1-13(21-11-18(22)15-3-2-4-16(20)10-15)9-14-5-7-17(8-6-14)25-12-19(23)24/h2-8,10,13,18,21-22H,9,11-12H2,1H3,(H,23,24)/t13-,18+/m1/s1/i7T,8T. The lowest BCUT2D eigenvalue weighted by atomic mass is 10.1. The summed E-state index contributed by atoms with van der Waals surface area (Å²) in [5, 5.41) is 22.7. The molecule has 0 spiro atoms. The quantitative estimate of drug-likeness (QED) is 0.634. The van der Waals surface area contributed by atoms with Gasteiger partial charge in [0.05, 0.1) is 8.85 Å². The number of carboxylic acids is 1. The number of hydrogen-bond acceptors (Lipinski definition) is 4. The maximum atomic E-state index is 10.6. The summed E-state index contributed by atoms with van der Waals surface area (Å²) in [7, 11) is 0. The Kier molecular flexibility index (Phi) is 6.17. The Bertz CT molecular complexity index is 780. The van der Waals surface area contributed by atoms with Crippen LogP contribution >= 0.6 is 11.6 Å². The first kappa shape index (κ1) is 16.4. The van der Waals surface area contributed by atoms with E-state index < -0.39 is 18.7 Å². The van der Waals surface area contributed by atoms with Crippen LogP contribution in [0.15, 0.2) is 48.5 Å². The van der Waals surface area contributed by atoms with Gasteiger partial charge in [0, 0.05) is 17.6 Å². The highest BCUT2D eigenvalue weighted by Crippen LogP contribution is 2.18. The summed E-state index contributed by atoms with van der Waals surface area (Å²) in [5.74, 6) is -1.20. The first-order chi connectivity index (χ1) is 12.8. The van der Waals surface area contributed by atoms with Crippen LogP contribution in [0.1, 0.15) is 26.9 Å². The molecule has 0 aliphatic heterocycles. The Morgan fingerprint density at radius 1 is 1.36 bits per heavy atom. The number of halogens is 1. The molecule has 0 radical (unpaired) electrons. The Hall–Kier alpha value is -2.08. The number of rotatable bonds is 9. The molecule has 0 bridgehead atoms. The zero-order chi connectivity index (χ0) is 20.0. The first-order valence-corrected chi connectivity index (χ1v) is 8.25. The Balaban J connectivity index is 1.93. The zero-order valence-corrected chi connectivity index (χ0v) is 14.6. The number of hydrogen-bond donors (Lipinski definition) is 3. The second-order valence-electron chi connectivity index (χ2n) is 5.75. The van der Waals surface area contributed by atoms with Crippen LogP contribution in [0.4, 0.5) is 0 Å². The molecule has 2 aromatic rings. The van der Waals surface area contributed by atoms with Crippen LogP contribution in [0.5, 0.6) is 5.75 Å². The van der Waals surface area contributed by atoms with Gasteiger partial charge in [-0.15, -0.1) is 0 Å². The molecule has 0 aliphatic rings. The molecule has 0 aromatic heterocycles. The fourth-order valence-corrected chi connectivity index (χ4v) is 2.50. The van der Waals surface area contributed by atoms with Crippen molar-refractivity contribution in [3.63, 3.8) is 0 Å². The summed E-state index contributed by atoms with van der Waals surface area (Å²) in [6, 6.07) is 10.1. The molecule has 0 saturated carbocycles. The van der Waals surface area contributed by atoms with Gasteiger partial charge in [-0.2, -0.15) is 0 Å². The molecule has 0 saturated heterocycles. The molecule has 0 heterocycles. The number of carboxylic acid groups (broad SMARTS) is 1. The van der Waals surface area contributed by atoms with E-state index in [1.54, 1.807) is 36.4 Å². The van der Waals surface area contributed by atoms with Crippen LogP contribution < -0.4 is 10.1 Å². The molecule has 0 unspecified atom stereocenters. The molecule has 3 N–H and O–H groups in total. The van der Waals surface area contributed by atoms with Crippen molar-refractivity contribution >= 4 is 17.6 Å². The van der Waals surface area contributed by atoms with Crippen molar-refractivity contribution in [2.45, 2.75) is 25.5 Å². The van der Waals surface area contributed by atoms with Crippen molar-refractivity contribution in [1.29, 1.82) is 0 Å². The molecule has 5 nitrogen and oxygen atoms in total. The minimum Gasteiger partial charge on any atom is -0.482 e. The van der Waals surface area contributed by atoms with Crippen molar-refractivity contribution in [2.24, 2.45) is 0 Å². The van der Waals surface area contributed by atoms with Gasteiger partial charge in [0.1, 0.15) is 5.75 Å². The molecule has 25 heavy (non-hydrogen) atoms. The van der Waals surface area contributed by atoms with E-state index in [1.165, 1.54) is 0 Å². The topological polar surface area (TPSA) is 78.8 Å². The molecule has 2 rings (SSSR count). The number of aliphatic carboxylic acids is 1. The largest absolute Gasteiger partial charge is 0.482 e. The molecule has 134 valence electrons. The maximum Gasteiger partial charge on any atom is 0.341 e. The third-order valence-electron chi connectivity index (χ3n) is 3.55. The number of ether oxygens (including phenoxy) is 1. The lowest BCUT2D eigenvalue weighted by Crippen LogP contribution is -2.32. The van der Waals surface area contributed by atoms with Gasteiger partial charge in [-0.05, 0) is 48.7 Å². The summed E-state index contributed by atoms with van der Waals surface area (Å²) in [5.41, 5.74) is 1.48. The van der Waals surface area contributed by atoms with Crippen molar-refractivity contribution in [3.8, 4) is 5.75 Å². The molecular weight excluding hydrogens is 342 g/mol. The first-order valence-electron chi connectivity index (χ1n) is 8.88. The van der Waals surface area contributed by atoms with Gasteiger partial charge in [0.25, 0.3) is 0 Å². The maximum absolute atomic E-state index is 10.6. The van der Waals surface area contributed by atoms with Crippen LogP contribution in [0, 0.1) is 0 Å². The van der Waals surface area contributed by atoms with Crippen molar-refractivity contribution in [1.82, 2.24) is 5.32 Å². The second-order valence-corrected chi connectivity index (χ2v) is 6.18. The molecule has 0 fully saturated rings. The minimum absolute atomic E-state index is 0.0107. The number of benzene rings is 2. The van der Waals surface area contributed by atoms with Gasteiger partial charge in [-0.3, -0.25) is 0 Å². The third-order valence-corrected chi connectivity index (χ3v) is 3.79. The normalized spacial score (nSPS) is 14.4. The molecule has 0 aliphatic carbocycles. The van der Waals surface area contributed by atoms with E-state index in [-0.39, 0.29) is 23.9 Å². The van der Waals surface area contributed by atoms with Crippen LogP contribution in [0.25, 0.3) is 0 Å². The van der Waals surface area contributed by atoms with E-state index in [1.807, 2.05) is 6.92 Å². The minimum atomic E-state index is -1.16. The summed E-state index contributed by atoms with van der Waals surface area (Å²) in [6.07, 6.45) is -0.157. The van der Waals surface area contributed by atoms with Gasteiger partial charge in [0.15, 0.2) is 6.61 Å². The van der Waals surface area contributed by atoms with Crippen molar-refractivity contribution in [3.05, 3.63) is 64.6 Å². The predicted molar refractivity (Wildman–Crippen MR) is 97.2 cm³/mol. The van der Waals surface area contributed by atoms with Gasteiger partial charge in [-0.1, -0.05) is 35.9 Å². The number of nitrogens with one attached hydrogen (secondary N) is 1. The van der Waals surface area contributed by atoms with Crippen LogP contribution in [-0.4, -0.2) is 35.4 Å². The van der Waals surface area contributed by atoms with E-state index in [0.29, 0.717) is 18.0 Å². The Morgan fingerprint density at radius 3 is 2.72 bits per heavy atom. The summed E-state index contributed by atoms with van der Waals surface area (Å²) >= 11 is 5.93. The Labute approximate surface area is 155 Å². The van der Waals surface area contributed by atoms with E-state index in [2.05, 4.69) is 5.32 Å². The third kappa shape index (κ3) is 6.74. The van der Waals surface area contributed by atoms with E-state index in [9.17, 15) is 9.90 Å². The van der Waals surface area contributed by atoms with Gasteiger partial charge < -0.3 is 20.3 Å². The van der Waals surface area contributed by atoms with Gasteiger partial charge in [0.2, 0.25) is 0 Å². The summed E-state index contributed by atoms with van der Waals surface area (Å²) in [4.78, 5) is 10.6. The summed E-state index contributed by atoms with van der Waals surface area (Å²) in [6.45, 7) is 1.69. The average Bonchev–Trinajstić information content (AvgIpc) is 2.58. The van der Waals surface area contributed by atoms with Crippen LogP contribution in [0.3, 0.4) is 0 Å². The van der Waals surface area contributed by atoms with Crippen LogP contribution in [0.2, 0.25) is 5.02 Å². The van der Waals surface area contributed by atoms with E-state index >= 15 is 0 Å². The highest BCUT2D eigenvalue weighted by molar-refractivity contribution is 6.30. The lowest BCUT2D eigenvalue weighted by Gasteiger charge is -2.18. The van der Waals surface area contributed by atoms with Crippen molar-refractivity contribution in [2.75, 3.05) is 13.2 Å². The monoisotopic (exact) mass is 367 g/mol. The number of aliphatic hydroxyl groups is 1. The highest BCUT2D eigenvalue weighted by Gasteiger charge is 2.10. The van der Waals surface area contributed by atoms with E-state index in [0.717, 1.165) is 11.1 Å². The van der Waals surface area contributed by atoms with Gasteiger partial charge >= 0.3 is 5.97 Å². The van der Waals surface area contributed by atoms with Gasteiger partial charge in [-0.25, -0.2) is 4.79 Å². The fourth-order valence-electron chi connectivity index (χ4n) is 2.31. The fraction of sp³-hybridized carbons (Fsp3) is 0.316. The summed E-state index contributed by atoms with van der Waals surface area (Å²) < 4.78 is 20.9. The second kappa shape index (κ2) is 9.42. The Morgan fingerprint density at radius 2 is 2.08 bits per heavy atom. The van der Waals surface area contributed by atoms with E-state index in [4.69, 9.17) is 24.2 Å². The lowest BCUT2D eigenvalue weighted by molar-refractivity contribution is -0.139. The molecule has 0 amide bonds. The average molecular weight is 368 g/mol. The van der Waals surface area contributed by atoms with Crippen LogP contribution in [-0.2, 0) is 11.2 Å². The smallest absolute Gasteiger partial charge is 0.341 e. The van der Waals surface area contributed by atoms with Crippen molar-refractivity contribution < 1.29 is 22.5 Å². The molecular formula is C19H22ClNO4.